The highest BCUT2D eigenvalue weighted by Crippen LogP contribution is 2.15. The van der Waals surface area contributed by atoms with Crippen LogP contribution in [0.4, 0.5) is 15.3 Å². The third kappa shape index (κ3) is 2.50. The molecule has 1 aromatic carbocycles. The molecule has 0 saturated carbocycles. The highest BCUT2D eigenvalue weighted by Gasteiger charge is 2.25. The van der Waals surface area contributed by atoms with Gasteiger partial charge in [0.1, 0.15) is 0 Å². The van der Waals surface area contributed by atoms with Gasteiger partial charge in [-0.1, -0.05) is 18.2 Å². The van der Waals surface area contributed by atoms with Crippen molar-refractivity contribution in [3.05, 3.63) is 30.3 Å². The van der Waals surface area contributed by atoms with Crippen molar-refractivity contribution in [2.45, 2.75) is 0 Å². The van der Waals surface area contributed by atoms with Crippen LogP contribution in [0.3, 0.4) is 0 Å². The van der Waals surface area contributed by atoms with Gasteiger partial charge >= 0.3 is 12.1 Å². The van der Waals surface area contributed by atoms with Crippen LogP contribution in [0.1, 0.15) is 0 Å². The summed E-state index contributed by atoms with van der Waals surface area (Å²) in [6.07, 6.45) is -0.704. The Morgan fingerprint density at radius 3 is 2.12 bits per heavy atom. The fourth-order valence-electron chi connectivity index (χ4n) is 1.16. The average Bonchev–Trinajstić information content (AvgIpc) is 2.30. The Kier molecular flexibility index (Phi) is 3.88. The van der Waals surface area contributed by atoms with Crippen molar-refractivity contribution < 1.29 is 14.3 Å². The molecule has 0 bridgehead atoms. The van der Waals surface area contributed by atoms with Crippen molar-refractivity contribution >= 4 is 17.8 Å². The van der Waals surface area contributed by atoms with E-state index in [2.05, 4.69) is 4.74 Å². The number of nitrogens with zero attached hydrogens (tertiary/aromatic N) is 2. The lowest BCUT2D eigenvalue weighted by atomic mass is 10.3. The van der Waals surface area contributed by atoms with Crippen molar-refractivity contribution in [1.29, 1.82) is 0 Å². The molecule has 0 saturated heterocycles. The summed E-state index contributed by atoms with van der Waals surface area (Å²) < 4.78 is 4.58. The lowest BCUT2D eigenvalue weighted by Crippen LogP contribution is -2.43. The molecule has 0 N–H and O–H groups in total. The Morgan fingerprint density at radius 2 is 1.69 bits per heavy atom. The fraction of sp³-hybridized carbons (Fsp3) is 0.273. The molecule has 0 heterocycles. The third-order valence-electron chi connectivity index (χ3n) is 1.95. The van der Waals surface area contributed by atoms with E-state index in [1.165, 1.54) is 12.0 Å². The molecule has 0 aliphatic carbocycles. The number of anilines is 1. The van der Waals surface area contributed by atoms with Crippen LogP contribution in [-0.4, -0.2) is 38.2 Å². The zero-order valence-electron chi connectivity index (χ0n) is 9.51. The Hall–Kier alpha value is -2.04. The normalized spacial score (nSPS) is 9.44. The number of urea groups is 1. The summed E-state index contributed by atoms with van der Waals surface area (Å²) in [5, 5.41) is 0. The Balaban J connectivity index is 3.07. The van der Waals surface area contributed by atoms with Crippen molar-refractivity contribution in [2.24, 2.45) is 0 Å². The summed E-state index contributed by atoms with van der Waals surface area (Å²) in [6.45, 7) is 0. The standard InChI is InChI=1S/C11H14N2O3/c1-12(2)10(14)13(11(15)16-3)9-7-5-4-6-8-9/h4-8H,1-3H3. The number of hydrogen-bond donors (Lipinski definition) is 0. The molecular weight excluding hydrogens is 208 g/mol. The first-order valence-corrected chi connectivity index (χ1v) is 4.72. The summed E-state index contributed by atoms with van der Waals surface area (Å²) in [5.41, 5.74) is 0.480. The number of methoxy groups -OCH3 is 1. The first kappa shape index (κ1) is 12.0. The van der Waals surface area contributed by atoms with Crippen molar-refractivity contribution in [3.8, 4) is 0 Å². The van der Waals surface area contributed by atoms with E-state index in [1.54, 1.807) is 44.4 Å². The average molecular weight is 222 g/mol. The summed E-state index contributed by atoms with van der Waals surface area (Å²) >= 11 is 0. The molecule has 5 nitrogen and oxygen atoms in total. The quantitative estimate of drug-likeness (QED) is 0.729. The van der Waals surface area contributed by atoms with E-state index in [1.807, 2.05) is 0 Å². The Morgan fingerprint density at radius 1 is 1.12 bits per heavy atom. The maximum atomic E-state index is 11.8. The second kappa shape index (κ2) is 5.16. The summed E-state index contributed by atoms with van der Waals surface area (Å²) in [6, 6.07) is 8.18. The van der Waals surface area contributed by atoms with Gasteiger partial charge in [-0.2, -0.15) is 4.90 Å². The monoisotopic (exact) mass is 222 g/mol. The largest absolute Gasteiger partial charge is 0.452 e. The SMILES string of the molecule is COC(=O)N(C(=O)N(C)C)c1ccccc1. The predicted molar refractivity (Wildman–Crippen MR) is 60.4 cm³/mol. The molecule has 0 atom stereocenters. The van der Waals surface area contributed by atoms with Gasteiger partial charge in [0, 0.05) is 14.1 Å². The number of amides is 3. The molecule has 1 rings (SSSR count). The van der Waals surface area contributed by atoms with Crippen LogP contribution in [0.25, 0.3) is 0 Å². The zero-order valence-corrected chi connectivity index (χ0v) is 9.51. The van der Waals surface area contributed by atoms with Gasteiger partial charge in [-0.15, -0.1) is 0 Å². The first-order chi connectivity index (χ1) is 7.57. The minimum atomic E-state index is -0.704. The maximum Gasteiger partial charge on any atom is 0.422 e. The number of carbonyl (C=O) groups is 2. The minimum Gasteiger partial charge on any atom is -0.452 e. The van der Waals surface area contributed by atoms with Gasteiger partial charge in [-0.25, -0.2) is 9.59 Å². The molecule has 16 heavy (non-hydrogen) atoms. The molecule has 0 aliphatic rings. The van der Waals surface area contributed by atoms with Crippen LogP contribution in [0.2, 0.25) is 0 Å². The van der Waals surface area contributed by atoms with E-state index < -0.39 is 12.1 Å². The first-order valence-electron chi connectivity index (χ1n) is 4.72. The lowest BCUT2D eigenvalue weighted by molar-refractivity contribution is 0.174. The topological polar surface area (TPSA) is 49.9 Å². The number of imide groups is 1. The molecule has 0 unspecified atom stereocenters. The number of hydrogen-bond acceptors (Lipinski definition) is 3. The highest BCUT2D eigenvalue weighted by atomic mass is 16.5. The van der Waals surface area contributed by atoms with Crippen molar-refractivity contribution in [3.63, 3.8) is 0 Å². The molecule has 0 aliphatic heterocycles. The summed E-state index contributed by atoms with van der Waals surface area (Å²) in [4.78, 5) is 25.6. The molecule has 0 spiro atoms. The van der Waals surface area contributed by atoms with Gasteiger partial charge < -0.3 is 9.64 Å². The number of rotatable bonds is 1. The van der Waals surface area contributed by atoms with Gasteiger partial charge in [0.05, 0.1) is 12.8 Å². The van der Waals surface area contributed by atoms with Crippen LogP contribution >= 0.6 is 0 Å². The molecule has 0 fully saturated rings. The van der Waals surface area contributed by atoms with Crippen LogP contribution in [-0.2, 0) is 4.74 Å². The molecule has 5 heteroatoms. The van der Waals surface area contributed by atoms with Crippen LogP contribution in [0.5, 0.6) is 0 Å². The third-order valence-corrected chi connectivity index (χ3v) is 1.95. The van der Waals surface area contributed by atoms with E-state index in [0.717, 1.165) is 4.90 Å². The van der Waals surface area contributed by atoms with E-state index in [4.69, 9.17) is 0 Å². The van der Waals surface area contributed by atoms with Crippen LogP contribution in [0.15, 0.2) is 30.3 Å². The minimum absolute atomic E-state index is 0.446. The van der Waals surface area contributed by atoms with E-state index >= 15 is 0 Å². The van der Waals surface area contributed by atoms with Crippen LogP contribution < -0.4 is 4.90 Å². The van der Waals surface area contributed by atoms with E-state index in [-0.39, 0.29) is 0 Å². The van der Waals surface area contributed by atoms with E-state index in [9.17, 15) is 9.59 Å². The van der Waals surface area contributed by atoms with Gasteiger partial charge in [0.2, 0.25) is 0 Å². The molecular formula is C11H14N2O3. The van der Waals surface area contributed by atoms with Gasteiger partial charge in [0.25, 0.3) is 0 Å². The lowest BCUT2D eigenvalue weighted by Gasteiger charge is -2.22. The summed E-state index contributed by atoms with van der Waals surface area (Å²) in [7, 11) is 4.38. The number of ether oxygens (including phenoxy) is 1. The van der Waals surface area contributed by atoms with E-state index in [0.29, 0.717) is 5.69 Å². The fourth-order valence-corrected chi connectivity index (χ4v) is 1.16. The Bertz CT molecular complexity index is 376. The van der Waals surface area contributed by atoms with Gasteiger partial charge in [-0.3, -0.25) is 0 Å². The zero-order chi connectivity index (χ0) is 12.1. The Labute approximate surface area is 94.2 Å². The molecule has 0 radical (unpaired) electrons. The number of benzene rings is 1. The van der Waals surface area contributed by atoms with Gasteiger partial charge in [0.15, 0.2) is 0 Å². The molecule has 86 valence electrons. The van der Waals surface area contributed by atoms with Gasteiger partial charge in [-0.05, 0) is 12.1 Å². The van der Waals surface area contributed by atoms with Crippen molar-refractivity contribution in [2.75, 3.05) is 26.1 Å². The second-order valence-electron chi connectivity index (χ2n) is 3.32. The molecule has 0 aromatic heterocycles. The van der Waals surface area contributed by atoms with Crippen molar-refractivity contribution in [1.82, 2.24) is 4.90 Å². The predicted octanol–water partition coefficient (Wildman–Crippen LogP) is 1.94. The second-order valence-corrected chi connectivity index (χ2v) is 3.32. The highest BCUT2D eigenvalue weighted by molar-refractivity contribution is 6.11. The molecule has 3 amide bonds. The van der Waals surface area contributed by atoms with Crippen LogP contribution in [0, 0.1) is 0 Å². The number of para-hydroxylation sites is 1. The summed E-state index contributed by atoms with van der Waals surface area (Å²) in [5.74, 6) is 0. The smallest absolute Gasteiger partial charge is 0.422 e. The molecule has 1 aromatic rings. The number of carbonyl (C=O) groups excluding carboxylic acids is 2. The maximum absolute atomic E-state index is 11.8.